The Morgan fingerprint density at radius 2 is 0.500 bits per heavy atom. The molecule has 0 saturated carbocycles. The summed E-state index contributed by atoms with van der Waals surface area (Å²) in [6, 6.07) is 24.8. The molecule has 56 heavy (non-hydrogen) atoms. The Bertz CT molecular complexity index is 1820. The second kappa shape index (κ2) is 14.1. The molecule has 2 aliphatic carbocycles. The van der Waals surface area contributed by atoms with Gasteiger partial charge in [0, 0.05) is 28.4 Å². The van der Waals surface area contributed by atoms with Crippen LogP contribution in [-0.2, 0) is 60.0 Å². The third kappa shape index (κ3) is 6.62. The first-order valence-electron chi connectivity index (χ1n) is 19.4. The second-order valence-corrected chi connectivity index (χ2v) is 17.3. The summed E-state index contributed by atoms with van der Waals surface area (Å²) in [5.74, 6) is 0. The van der Waals surface area contributed by atoms with Crippen LogP contribution in [-0.4, -0.2) is 65.1 Å². The molecule has 0 amide bonds. The molecule has 4 aliphatic rings. The predicted octanol–water partition coefficient (Wildman–Crippen LogP) is 7.30. The minimum absolute atomic E-state index is 0.407. The van der Waals surface area contributed by atoms with Crippen LogP contribution in [0.15, 0.2) is 121 Å². The molecule has 8 nitrogen and oxygen atoms in total. The Morgan fingerprint density at radius 3 is 0.679 bits per heavy atom. The van der Waals surface area contributed by atoms with Crippen LogP contribution in [0.1, 0.15) is 77.6 Å². The van der Waals surface area contributed by atoms with E-state index < -0.39 is 59.0 Å². The van der Waals surface area contributed by atoms with Crippen molar-refractivity contribution in [2.24, 2.45) is 0 Å². The molecule has 0 unspecified atom stereocenters. The maximum absolute atomic E-state index is 6.27. The lowest BCUT2D eigenvalue weighted by atomic mass is 9.76. The first-order chi connectivity index (χ1) is 26.3. The first-order valence-corrected chi connectivity index (χ1v) is 19.4. The smallest absolute Gasteiger partial charge is 0.399 e. The number of hydrogen-bond acceptors (Lipinski definition) is 8. The number of methoxy groups -OCH3 is 4. The SMILES string of the molecule is COC1(c2ccc(B3OC(C)(C)C(C)(C)O3)cc2)C=CC(OC)(c2ccc(C3(OC)C=CC(OC)(c4ccc(B5OC(C)(C)C(C)(C)O5)cc4)C=C3)cc2)C=C1. The van der Waals surface area contributed by atoms with Gasteiger partial charge in [0.25, 0.3) is 0 Å². The van der Waals surface area contributed by atoms with Crippen molar-refractivity contribution < 1.29 is 37.6 Å². The van der Waals surface area contributed by atoms with Crippen molar-refractivity contribution in [3.8, 4) is 0 Å². The summed E-state index contributed by atoms with van der Waals surface area (Å²) in [5.41, 5.74) is 1.09. The molecule has 2 aliphatic heterocycles. The van der Waals surface area contributed by atoms with Crippen molar-refractivity contribution in [3.05, 3.63) is 144 Å². The molecule has 0 radical (unpaired) electrons. The molecule has 2 saturated heterocycles. The fraction of sp³-hybridized carbons (Fsp3) is 0.435. The molecular formula is C46H56B2O8. The van der Waals surface area contributed by atoms with Gasteiger partial charge in [-0.25, -0.2) is 0 Å². The summed E-state index contributed by atoms with van der Waals surface area (Å²) in [5, 5.41) is 0. The molecule has 7 rings (SSSR count). The maximum atomic E-state index is 6.27. The molecule has 0 aromatic heterocycles. The van der Waals surface area contributed by atoms with E-state index in [2.05, 4.69) is 153 Å². The van der Waals surface area contributed by atoms with Crippen LogP contribution in [0.4, 0.5) is 0 Å². The molecule has 3 aromatic carbocycles. The second-order valence-electron chi connectivity index (χ2n) is 17.3. The standard InChI is InChI=1S/C46H56B2O8/c1-39(2)40(3,4)54-47(53-39)37-21-17-35(18-22-37)45(51-11)29-25-43(49-9,26-30-45)33-13-15-34(16-14-33)44(50-10)27-31-46(52-12,32-28-44)36-19-23-38(24-20-36)48-55-41(5,6)42(7,8)56-48/h13-32H,1-12H3. The van der Waals surface area contributed by atoms with Gasteiger partial charge < -0.3 is 37.6 Å². The molecule has 2 fully saturated rings. The van der Waals surface area contributed by atoms with Crippen molar-refractivity contribution in [1.82, 2.24) is 0 Å². The zero-order valence-electron chi connectivity index (χ0n) is 35.0. The number of ether oxygens (including phenoxy) is 4. The third-order valence-corrected chi connectivity index (χ3v) is 13.2. The average Bonchev–Trinajstić information content (AvgIpc) is 3.57. The van der Waals surface area contributed by atoms with E-state index in [0.29, 0.717) is 0 Å². The monoisotopic (exact) mass is 758 g/mol. The van der Waals surface area contributed by atoms with Gasteiger partial charge in [0.05, 0.1) is 22.4 Å². The van der Waals surface area contributed by atoms with Crippen LogP contribution in [0.5, 0.6) is 0 Å². The van der Waals surface area contributed by atoms with Gasteiger partial charge in [-0.2, -0.15) is 0 Å². The van der Waals surface area contributed by atoms with E-state index in [4.69, 9.17) is 37.6 Å². The van der Waals surface area contributed by atoms with E-state index in [-0.39, 0.29) is 0 Å². The summed E-state index contributed by atoms with van der Waals surface area (Å²) in [7, 11) is 6.01. The summed E-state index contributed by atoms with van der Waals surface area (Å²) in [6.45, 7) is 16.5. The quantitative estimate of drug-likeness (QED) is 0.158. The zero-order valence-corrected chi connectivity index (χ0v) is 35.0. The number of hydrogen-bond donors (Lipinski definition) is 0. The fourth-order valence-electron chi connectivity index (χ4n) is 7.75. The minimum Gasteiger partial charge on any atom is -0.399 e. The highest BCUT2D eigenvalue weighted by molar-refractivity contribution is 6.62. The molecule has 294 valence electrons. The maximum Gasteiger partial charge on any atom is 0.494 e. The Labute approximate surface area is 334 Å². The predicted molar refractivity (Wildman–Crippen MR) is 222 cm³/mol. The Kier molecular flexibility index (Phi) is 10.2. The van der Waals surface area contributed by atoms with Crippen molar-refractivity contribution in [3.63, 3.8) is 0 Å². The summed E-state index contributed by atoms with van der Waals surface area (Å²) < 4.78 is 49.8. The van der Waals surface area contributed by atoms with Gasteiger partial charge in [0.1, 0.15) is 22.4 Å². The van der Waals surface area contributed by atoms with E-state index in [1.807, 2.05) is 24.3 Å². The van der Waals surface area contributed by atoms with Gasteiger partial charge in [0.15, 0.2) is 0 Å². The zero-order chi connectivity index (χ0) is 40.4. The summed E-state index contributed by atoms with van der Waals surface area (Å²) in [4.78, 5) is 0. The van der Waals surface area contributed by atoms with Crippen molar-refractivity contribution in [2.75, 3.05) is 28.4 Å². The number of benzene rings is 3. The van der Waals surface area contributed by atoms with E-state index in [1.165, 1.54) is 0 Å². The van der Waals surface area contributed by atoms with Crippen LogP contribution in [0.2, 0.25) is 0 Å². The highest BCUT2D eigenvalue weighted by Gasteiger charge is 2.53. The van der Waals surface area contributed by atoms with Crippen LogP contribution in [0.3, 0.4) is 0 Å². The van der Waals surface area contributed by atoms with E-state index in [1.54, 1.807) is 28.4 Å². The van der Waals surface area contributed by atoms with E-state index in [0.717, 1.165) is 33.2 Å². The lowest BCUT2D eigenvalue weighted by molar-refractivity contribution is 0.00578. The third-order valence-electron chi connectivity index (χ3n) is 13.2. The van der Waals surface area contributed by atoms with Gasteiger partial charge in [0.2, 0.25) is 0 Å². The molecule has 0 atom stereocenters. The largest absolute Gasteiger partial charge is 0.494 e. The molecular weight excluding hydrogens is 702 g/mol. The highest BCUT2D eigenvalue weighted by Crippen LogP contribution is 2.44. The molecule has 10 heteroatoms. The lowest BCUT2D eigenvalue weighted by Crippen LogP contribution is -2.41. The van der Waals surface area contributed by atoms with Gasteiger partial charge in [-0.05, 0) is 137 Å². The molecule has 3 aromatic rings. The molecule has 0 spiro atoms. The lowest BCUT2D eigenvalue weighted by Gasteiger charge is -2.37. The topological polar surface area (TPSA) is 73.8 Å². The van der Waals surface area contributed by atoms with Gasteiger partial charge in [-0.3, -0.25) is 0 Å². The van der Waals surface area contributed by atoms with Gasteiger partial charge in [-0.15, -0.1) is 0 Å². The van der Waals surface area contributed by atoms with E-state index in [9.17, 15) is 0 Å². The Hall–Kier alpha value is -3.57. The Balaban J connectivity index is 1.08. The van der Waals surface area contributed by atoms with Gasteiger partial charge in [-0.1, -0.05) is 72.8 Å². The summed E-state index contributed by atoms with van der Waals surface area (Å²) in [6.07, 6.45) is 16.5. The van der Waals surface area contributed by atoms with Gasteiger partial charge >= 0.3 is 14.2 Å². The van der Waals surface area contributed by atoms with Crippen molar-refractivity contribution >= 4 is 25.2 Å². The molecule has 0 N–H and O–H groups in total. The normalized spacial score (nSPS) is 31.0. The average molecular weight is 759 g/mol. The van der Waals surface area contributed by atoms with Crippen LogP contribution >= 0.6 is 0 Å². The number of rotatable bonds is 10. The van der Waals surface area contributed by atoms with Crippen LogP contribution in [0, 0.1) is 0 Å². The first kappa shape index (κ1) is 40.6. The van der Waals surface area contributed by atoms with Crippen LogP contribution in [0.25, 0.3) is 0 Å². The Morgan fingerprint density at radius 1 is 0.321 bits per heavy atom. The van der Waals surface area contributed by atoms with E-state index >= 15 is 0 Å². The van der Waals surface area contributed by atoms with Crippen molar-refractivity contribution in [1.29, 1.82) is 0 Å². The minimum atomic E-state index is -0.793. The summed E-state index contributed by atoms with van der Waals surface area (Å²) >= 11 is 0. The molecule has 0 bridgehead atoms. The van der Waals surface area contributed by atoms with Crippen molar-refractivity contribution in [2.45, 2.75) is 100 Å². The highest BCUT2D eigenvalue weighted by atomic mass is 16.7. The fourth-order valence-corrected chi connectivity index (χ4v) is 7.75. The molecule has 2 heterocycles. The van der Waals surface area contributed by atoms with Crippen LogP contribution < -0.4 is 10.9 Å².